The van der Waals surface area contributed by atoms with Crippen LogP contribution in [0.5, 0.6) is 0 Å². The van der Waals surface area contributed by atoms with E-state index in [1.54, 1.807) is 0 Å². The Balaban J connectivity index is 2.27. The molecule has 5 heteroatoms. The zero-order valence-electron chi connectivity index (χ0n) is 15.3. The molecule has 0 amide bonds. The van der Waals surface area contributed by atoms with Gasteiger partial charge in [0.15, 0.2) is 0 Å². The number of benzene rings is 1. The standard InChI is InChI=1S/C19H28ClNO3/c1-14(22)23-13-17(15-8-6-9-16(20)12-15)24-21-18(2,3)10-7-11-19(21,4)5/h6,8-9,12,17H,7,10-11,13H2,1-5H3/t17-/m0/s1. The molecule has 1 aliphatic heterocycles. The maximum absolute atomic E-state index is 11.3. The lowest BCUT2D eigenvalue weighted by Crippen LogP contribution is -2.58. The Morgan fingerprint density at radius 3 is 2.42 bits per heavy atom. The molecule has 24 heavy (non-hydrogen) atoms. The molecule has 1 heterocycles. The molecule has 0 spiro atoms. The minimum atomic E-state index is -0.385. The van der Waals surface area contributed by atoms with Crippen molar-refractivity contribution in [1.82, 2.24) is 5.06 Å². The van der Waals surface area contributed by atoms with Gasteiger partial charge in [-0.1, -0.05) is 23.7 Å². The number of halogens is 1. The molecule has 0 saturated carbocycles. The molecule has 4 nitrogen and oxygen atoms in total. The van der Waals surface area contributed by atoms with E-state index >= 15 is 0 Å². The third kappa shape index (κ3) is 4.71. The highest BCUT2D eigenvalue weighted by atomic mass is 35.5. The molecule has 1 aliphatic rings. The Morgan fingerprint density at radius 1 is 1.25 bits per heavy atom. The van der Waals surface area contributed by atoms with Gasteiger partial charge in [-0.2, -0.15) is 5.06 Å². The number of hydrogen-bond acceptors (Lipinski definition) is 4. The monoisotopic (exact) mass is 353 g/mol. The molecule has 0 radical (unpaired) electrons. The van der Waals surface area contributed by atoms with Gasteiger partial charge in [0.2, 0.25) is 0 Å². The van der Waals surface area contributed by atoms with Crippen molar-refractivity contribution in [3.05, 3.63) is 34.9 Å². The molecular weight excluding hydrogens is 326 g/mol. The summed E-state index contributed by atoms with van der Waals surface area (Å²) in [4.78, 5) is 17.7. The van der Waals surface area contributed by atoms with Crippen LogP contribution in [-0.4, -0.2) is 28.7 Å². The zero-order valence-corrected chi connectivity index (χ0v) is 16.0. The highest BCUT2D eigenvalue weighted by Gasteiger charge is 2.43. The van der Waals surface area contributed by atoms with E-state index in [0.29, 0.717) is 5.02 Å². The van der Waals surface area contributed by atoms with E-state index < -0.39 is 0 Å². The van der Waals surface area contributed by atoms with Crippen LogP contribution < -0.4 is 0 Å². The predicted octanol–water partition coefficient (Wildman–Crippen LogP) is 4.92. The first kappa shape index (κ1) is 19.2. The number of rotatable bonds is 5. The van der Waals surface area contributed by atoms with Crippen molar-refractivity contribution in [2.75, 3.05) is 6.61 Å². The van der Waals surface area contributed by atoms with E-state index in [0.717, 1.165) is 18.4 Å². The molecule has 0 bridgehead atoms. The van der Waals surface area contributed by atoms with Crippen molar-refractivity contribution in [3.8, 4) is 0 Å². The number of ether oxygens (including phenoxy) is 1. The second-order valence-corrected chi connectivity index (χ2v) is 8.16. The summed E-state index contributed by atoms with van der Waals surface area (Å²) >= 11 is 6.13. The summed E-state index contributed by atoms with van der Waals surface area (Å²) < 4.78 is 5.24. The van der Waals surface area contributed by atoms with Gasteiger partial charge in [0, 0.05) is 23.0 Å². The van der Waals surface area contributed by atoms with Gasteiger partial charge in [-0.25, -0.2) is 0 Å². The summed E-state index contributed by atoms with van der Waals surface area (Å²) in [6.07, 6.45) is 2.91. The highest BCUT2D eigenvalue weighted by molar-refractivity contribution is 6.30. The number of hydroxylamine groups is 2. The number of piperidine rings is 1. The minimum absolute atomic E-state index is 0.0885. The third-order valence-electron chi connectivity index (χ3n) is 4.57. The fraction of sp³-hybridized carbons (Fsp3) is 0.632. The zero-order chi connectivity index (χ0) is 18.0. The molecule has 0 aliphatic carbocycles. The van der Waals surface area contributed by atoms with Gasteiger partial charge in [0.25, 0.3) is 0 Å². The number of carbonyl (C=O) groups excluding carboxylic acids is 1. The second kappa shape index (κ2) is 7.42. The molecular formula is C19H28ClNO3. The van der Waals surface area contributed by atoms with Crippen LogP contribution >= 0.6 is 11.6 Å². The third-order valence-corrected chi connectivity index (χ3v) is 4.80. The molecule has 1 fully saturated rings. The topological polar surface area (TPSA) is 38.8 Å². The van der Waals surface area contributed by atoms with Crippen LogP contribution in [0.1, 0.15) is 65.5 Å². The van der Waals surface area contributed by atoms with Gasteiger partial charge in [0.1, 0.15) is 12.7 Å². The first-order valence-electron chi connectivity index (χ1n) is 8.48. The molecule has 2 rings (SSSR count). The number of esters is 1. The van der Waals surface area contributed by atoms with Gasteiger partial charge in [-0.3, -0.25) is 9.63 Å². The molecule has 1 atom stereocenters. The average molecular weight is 354 g/mol. The van der Waals surface area contributed by atoms with Crippen molar-refractivity contribution in [2.24, 2.45) is 0 Å². The molecule has 1 aromatic rings. The van der Waals surface area contributed by atoms with Crippen molar-refractivity contribution in [3.63, 3.8) is 0 Å². The van der Waals surface area contributed by atoms with Crippen LogP contribution in [0.4, 0.5) is 0 Å². The summed E-state index contributed by atoms with van der Waals surface area (Å²) in [6, 6.07) is 7.51. The van der Waals surface area contributed by atoms with Gasteiger partial charge in [-0.05, 0) is 64.7 Å². The van der Waals surface area contributed by atoms with Gasteiger partial charge < -0.3 is 4.74 Å². The van der Waals surface area contributed by atoms with Crippen molar-refractivity contribution in [2.45, 2.75) is 71.1 Å². The van der Waals surface area contributed by atoms with E-state index in [1.165, 1.54) is 13.3 Å². The Kier molecular flexibility index (Phi) is 5.95. The van der Waals surface area contributed by atoms with E-state index in [9.17, 15) is 4.79 Å². The lowest BCUT2D eigenvalue weighted by Gasteiger charge is -2.52. The fourth-order valence-electron chi connectivity index (χ4n) is 3.48. The van der Waals surface area contributed by atoms with Crippen LogP contribution in [0.2, 0.25) is 5.02 Å². The Bertz CT molecular complexity index is 570. The molecule has 0 aromatic heterocycles. The molecule has 1 aromatic carbocycles. The Morgan fingerprint density at radius 2 is 1.88 bits per heavy atom. The second-order valence-electron chi connectivity index (χ2n) is 7.72. The number of hydrogen-bond donors (Lipinski definition) is 0. The summed E-state index contributed by atoms with van der Waals surface area (Å²) in [5.74, 6) is -0.317. The minimum Gasteiger partial charge on any atom is -0.463 e. The smallest absolute Gasteiger partial charge is 0.302 e. The molecule has 0 unspecified atom stereocenters. The summed E-state index contributed by atoms with van der Waals surface area (Å²) in [5, 5.41) is 2.72. The first-order valence-corrected chi connectivity index (χ1v) is 8.85. The van der Waals surface area contributed by atoms with E-state index in [4.69, 9.17) is 21.2 Å². The average Bonchev–Trinajstić information content (AvgIpc) is 2.44. The van der Waals surface area contributed by atoms with Crippen LogP contribution in [-0.2, 0) is 14.4 Å². The van der Waals surface area contributed by atoms with Gasteiger partial charge in [0.05, 0.1) is 0 Å². The largest absolute Gasteiger partial charge is 0.463 e. The quantitative estimate of drug-likeness (QED) is 0.704. The summed E-state index contributed by atoms with van der Waals surface area (Å²) in [7, 11) is 0. The normalized spacial score (nSPS) is 21.2. The fourth-order valence-corrected chi connectivity index (χ4v) is 3.67. The maximum atomic E-state index is 11.3. The van der Waals surface area contributed by atoms with Crippen LogP contribution in [0.3, 0.4) is 0 Å². The lowest BCUT2D eigenvalue weighted by atomic mass is 9.82. The Labute approximate surface area is 150 Å². The van der Waals surface area contributed by atoms with Crippen LogP contribution in [0.25, 0.3) is 0 Å². The van der Waals surface area contributed by atoms with Gasteiger partial charge >= 0.3 is 5.97 Å². The predicted molar refractivity (Wildman–Crippen MR) is 95.8 cm³/mol. The van der Waals surface area contributed by atoms with E-state index in [2.05, 4.69) is 32.8 Å². The van der Waals surface area contributed by atoms with Crippen LogP contribution in [0.15, 0.2) is 24.3 Å². The van der Waals surface area contributed by atoms with Crippen molar-refractivity contribution >= 4 is 17.6 Å². The van der Waals surface area contributed by atoms with E-state index in [1.807, 2.05) is 24.3 Å². The maximum Gasteiger partial charge on any atom is 0.302 e. The lowest BCUT2D eigenvalue weighted by molar-refractivity contribution is -0.311. The van der Waals surface area contributed by atoms with Gasteiger partial charge in [-0.15, -0.1) is 0 Å². The van der Waals surface area contributed by atoms with E-state index in [-0.39, 0.29) is 29.8 Å². The highest BCUT2D eigenvalue weighted by Crippen LogP contribution is 2.40. The van der Waals surface area contributed by atoms with Crippen molar-refractivity contribution in [1.29, 1.82) is 0 Å². The molecule has 1 saturated heterocycles. The number of carbonyl (C=O) groups is 1. The SMILES string of the molecule is CC(=O)OC[C@H](ON1C(C)(C)CCCC1(C)C)c1cccc(Cl)c1. The molecule has 0 N–H and O–H groups in total. The van der Waals surface area contributed by atoms with Crippen LogP contribution in [0, 0.1) is 0 Å². The Hall–Kier alpha value is -1.10. The summed E-state index contributed by atoms with van der Waals surface area (Å²) in [5.41, 5.74) is 0.727. The van der Waals surface area contributed by atoms with Crippen molar-refractivity contribution < 1.29 is 14.4 Å². The summed E-state index contributed by atoms with van der Waals surface area (Å²) in [6.45, 7) is 10.3. The number of nitrogens with zero attached hydrogens (tertiary/aromatic N) is 1. The first-order chi connectivity index (χ1) is 11.1. The molecule has 134 valence electrons.